The molecule has 5 heteroatoms. The molecule has 2 aromatic rings. The minimum absolute atomic E-state index is 0.351. The zero-order valence-corrected chi connectivity index (χ0v) is 13.9. The smallest absolute Gasteiger partial charge is 0.336 e. The molecule has 1 aliphatic rings. The van der Waals surface area contributed by atoms with Gasteiger partial charge in [-0.05, 0) is 37.2 Å². The molecule has 21 heavy (non-hydrogen) atoms. The fourth-order valence-corrected chi connectivity index (χ4v) is 4.73. The topological polar surface area (TPSA) is 50.2 Å². The Bertz CT molecular complexity index is 647. The Kier molecular flexibility index (Phi) is 3.88. The van der Waals surface area contributed by atoms with Crippen molar-refractivity contribution in [1.82, 2.24) is 4.98 Å². The SMILES string of the molecule is CC1(C)CCC(c2nc(-c3cc(C(=O)O)cs3)cs2)CC1. The van der Waals surface area contributed by atoms with Crippen molar-refractivity contribution in [1.29, 1.82) is 0 Å². The van der Waals surface area contributed by atoms with Crippen LogP contribution in [0.2, 0.25) is 0 Å². The highest BCUT2D eigenvalue weighted by Crippen LogP contribution is 2.43. The first-order valence-corrected chi connectivity index (χ1v) is 8.98. The summed E-state index contributed by atoms with van der Waals surface area (Å²) in [6, 6.07) is 1.72. The summed E-state index contributed by atoms with van der Waals surface area (Å²) >= 11 is 3.17. The average Bonchev–Trinajstić information content (AvgIpc) is 3.07. The van der Waals surface area contributed by atoms with Gasteiger partial charge < -0.3 is 5.11 Å². The maximum atomic E-state index is 10.9. The van der Waals surface area contributed by atoms with Gasteiger partial charge in [0.25, 0.3) is 0 Å². The number of carboxylic acid groups (broad SMARTS) is 1. The van der Waals surface area contributed by atoms with E-state index in [-0.39, 0.29) is 0 Å². The molecule has 112 valence electrons. The minimum atomic E-state index is -0.873. The van der Waals surface area contributed by atoms with Crippen LogP contribution in [0.1, 0.15) is 60.8 Å². The Morgan fingerprint density at radius 2 is 2.00 bits per heavy atom. The van der Waals surface area contributed by atoms with Crippen molar-refractivity contribution in [3.8, 4) is 10.6 Å². The van der Waals surface area contributed by atoms with Crippen molar-refractivity contribution < 1.29 is 9.90 Å². The second-order valence-electron chi connectivity index (χ2n) is 6.51. The predicted molar refractivity (Wildman–Crippen MR) is 87.4 cm³/mol. The van der Waals surface area contributed by atoms with E-state index in [0.29, 0.717) is 16.9 Å². The number of carbonyl (C=O) groups is 1. The first kappa shape index (κ1) is 14.7. The molecule has 0 amide bonds. The second kappa shape index (κ2) is 5.54. The summed E-state index contributed by atoms with van der Waals surface area (Å²) < 4.78 is 0. The average molecular weight is 321 g/mol. The fourth-order valence-electron chi connectivity index (χ4n) is 2.82. The summed E-state index contributed by atoms with van der Waals surface area (Å²) in [6.07, 6.45) is 4.94. The summed E-state index contributed by atoms with van der Waals surface area (Å²) in [6.45, 7) is 4.69. The molecule has 0 radical (unpaired) electrons. The summed E-state index contributed by atoms with van der Waals surface area (Å²) in [5.41, 5.74) is 1.75. The van der Waals surface area contributed by atoms with Crippen LogP contribution in [0.4, 0.5) is 0 Å². The highest BCUT2D eigenvalue weighted by Gasteiger charge is 2.29. The molecule has 3 nitrogen and oxygen atoms in total. The number of carboxylic acids is 1. The van der Waals surface area contributed by atoms with E-state index in [9.17, 15) is 4.79 Å². The Hall–Kier alpha value is -1.20. The van der Waals surface area contributed by atoms with Crippen LogP contribution in [-0.2, 0) is 0 Å². The van der Waals surface area contributed by atoms with Crippen LogP contribution in [0.25, 0.3) is 10.6 Å². The van der Waals surface area contributed by atoms with E-state index in [4.69, 9.17) is 10.1 Å². The van der Waals surface area contributed by atoms with Gasteiger partial charge in [-0.25, -0.2) is 9.78 Å². The number of nitrogens with zero attached hydrogens (tertiary/aromatic N) is 1. The first-order valence-electron chi connectivity index (χ1n) is 7.22. The normalized spacial score (nSPS) is 18.8. The van der Waals surface area contributed by atoms with Gasteiger partial charge >= 0.3 is 5.97 Å². The van der Waals surface area contributed by atoms with Crippen LogP contribution in [0.3, 0.4) is 0 Å². The molecular formula is C16H19NO2S2. The molecule has 0 aliphatic heterocycles. The van der Waals surface area contributed by atoms with E-state index in [1.54, 1.807) is 22.8 Å². The van der Waals surface area contributed by atoms with Gasteiger partial charge in [0.1, 0.15) is 0 Å². The third-order valence-electron chi connectivity index (χ3n) is 4.31. The van der Waals surface area contributed by atoms with E-state index in [0.717, 1.165) is 10.6 Å². The monoisotopic (exact) mass is 321 g/mol. The largest absolute Gasteiger partial charge is 0.478 e. The molecule has 2 heterocycles. The number of thiazole rings is 1. The van der Waals surface area contributed by atoms with Crippen LogP contribution >= 0.6 is 22.7 Å². The lowest BCUT2D eigenvalue weighted by molar-refractivity contribution is 0.0697. The second-order valence-corrected chi connectivity index (χ2v) is 8.32. The molecular weight excluding hydrogens is 302 g/mol. The van der Waals surface area contributed by atoms with Crippen molar-refractivity contribution in [3.63, 3.8) is 0 Å². The van der Waals surface area contributed by atoms with Crippen LogP contribution in [0, 0.1) is 5.41 Å². The van der Waals surface area contributed by atoms with E-state index >= 15 is 0 Å². The lowest BCUT2D eigenvalue weighted by Crippen LogP contribution is -2.20. The molecule has 0 spiro atoms. The van der Waals surface area contributed by atoms with Gasteiger partial charge in [0, 0.05) is 16.7 Å². The molecule has 1 N–H and O–H groups in total. The third kappa shape index (κ3) is 3.19. The maximum Gasteiger partial charge on any atom is 0.336 e. The molecule has 0 atom stereocenters. The zero-order valence-electron chi connectivity index (χ0n) is 12.3. The highest BCUT2D eigenvalue weighted by molar-refractivity contribution is 7.14. The van der Waals surface area contributed by atoms with E-state index in [1.807, 2.05) is 0 Å². The first-order chi connectivity index (χ1) is 9.94. The standard InChI is InChI=1S/C16H19NO2S2/c1-16(2)5-3-10(4-6-16)14-17-12(9-21-14)13-7-11(8-20-13)15(18)19/h7-10H,3-6H2,1-2H3,(H,18,19). The zero-order chi connectivity index (χ0) is 15.0. The number of thiophene rings is 1. The Morgan fingerprint density at radius 3 is 2.62 bits per heavy atom. The molecule has 0 saturated heterocycles. The van der Waals surface area contributed by atoms with Gasteiger partial charge in [0.05, 0.1) is 21.1 Å². The fraction of sp³-hybridized carbons (Fsp3) is 0.500. The van der Waals surface area contributed by atoms with Crippen LogP contribution < -0.4 is 0 Å². The third-order valence-corrected chi connectivity index (χ3v) is 6.27. The van der Waals surface area contributed by atoms with Gasteiger partial charge in [0.2, 0.25) is 0 Å². The quantitative estimate of drug-likeness (QED) is 0.839. The lowest BCUT2D eigenvalue weighted by atomic mass is 9.73. The molecule has 1 fully saturated rings. The van der Waals surface area contributed by atoms with Crippen LogP contribution in [0.5, 0.6) is 0 Å². The van der Waals surface area contributed by atoms with Gasteiger partial charge in [-0.2, -0.15) is 0 Å². The van der Waals surface area contributed by atoms with Crippen molar-refractivity contribution in [2.45, 2.75) is 45.4 Å². The molecule has 3 rings (SSSR count). The summed E-state index contributed by atoms with van der Waals surface area (Å²) in [4.78, 5) is 16.7. The van der Waals surface area contributed by atoms with Crippen molar-refractivity contribution >= 4 is 28.6 Å². The Morgan fingerprint density at radius 1 is 1.29 bits per heavy atom. The molecule has 1 saturated carbocycles. The van der Waals surface area contributed by atoms with E-state index in [1.165, 1.54) is 42.0 Å². The predicted octanol–water partition coefficient (Wildman–Crippen LogP) is 5.25. The minimum Gasteiger partial charge on any atom is -0.478 e. The van der Waals surface area contributed by atoms with Crippen molar-refractivity contribution in [3.05, 3.63) is 27.4 Å². The van der Waals surface area contributed by atoms with Gasteiger partial charge in [-0.15, -0.1) is 22.7 Å². The summed E-state index contributed by atoms with van der Waals surface area (Å²) in [5, 5.41) is 13.9. The van der Waals surface area contributed by atoms with Gasteiger partial charge in [-0.1, -0.05) is 13.8 Å². The molecule has 0 unspecified atom stereocenters. The van der Waals surface area contributed by atoms with Crippen LogP contribution in [-0.4, -0.2) is 16.1 Å². The Balaban J connectivity index is 1.75. The number of aromatic carboxylic acids is 1. The molecule has 0 aromatic carbocycles. The number of hydrogen-bond donors (Lipinski definition) is 1. The summed E-state index contributed by atoms with van der Waals surface area (Å²) in [7, 11) is 0. The van der Waals surface area contributed by atoms with Gasteiger partial charge in [-0.3, -0.25) is 0 Å². The maximum absolute atomic E-state index is 10.9. The Labute approximate surface area is 132 Å². The summed E-state index contributed by atoms with van der Waals surface area (Å²) in [5.74, 6) is -0.293. The number of rotatable bonds is 3. The van der Waals surface area contributed by atoms with E-state index in [2.05, 4.69) is 19.2 Å². The molecule has 0 bridgehead atoms. The van der Waals surface area contributed by atoms with Crippen LogP contribution in [0.15, 0.2) is 16.8 Å². The number of hydrogen-bond acceptors (Lipinski definition) is 4. The highest BCUT2D eigenvalue weighted by atomic mass is 32.1. The van der Waals surface area contributed by atoms with Crippen molar-refractivity contribution in [2.75, 3.05) is 0 Å². The molecule has 1 aliphatic carbocycles. The van der Waals surface area contributed by atoms with E-state index < -0.39 is 5.97 Å². The number of aromatic nitrogens is 1. The van der Waals surface area contributed by atoms with Gasteiger partial charge in [0.15, 0.2) is 0 Å². The molecule has 2 aromatic heterocycles. The lowest BCUT2D eigenvalue weighted by Gasteiger charge is -2.33. The van der Waals surface area contributed by atoms with Crippen molar-refractivity contribution in [2.24, 2.45) is 5.41 Å².